The minimum atomic E-state index is -3.85. The van der Waals surface area contributed by atoms with E-state index in [2.05, 4.69) is 10.6 Å². The third-order valence-electron chi connectivity index (χ3n) is 4.98. The molecule has 0 spiro atoms. The summed E-state index contributed by atoms with van der Waals surface area (Å²) in [5.41, 5.74) is 0.823. The van der Waals surface area contributed by atoms with Crippen LogP contribution in [0.4, 0.5) is 4.79 Å². The van der Waals surface area contributed by atoms with E-state index in [1.54, 1.807) is 13.8 Å². The van der Waals surface area contributed by atoms with E-state index >= 15 is 0 Å². The Morgan fingerprint density at radius 3 is 2.38 bits per heavy atom. The highest BCUT2D eigenvalue weighted by molar-refractivity contribution is 7.89. The first-order valence-electron chi connectivity index (χ1n) is 10.7. The van der Waals surface area contributed by atoms with Gasteiger partial charge in [0, 0.05) is 19.6 Å². The molecule has 1 heterocycles. The fraction of sp³-hybridized carbons (Fsp3) is 0.348. The van der Waals surface area contributed by atoms with E-state index in [1.807, 2.05) is 30.3 Å². The topological polar surface area (TPSA) is 131 Å². The molecule has 1 aliphatic heterocycles. The van der Waals surface area contributed by atoms with Crippen molar-refractivity contribution in [3.63, 3.8) is 0 Å². The van der Waals surface area contributed by atoms with E-state index in [4.69, 9.17) is 9.47 Å². The highest BCUT2D eigenvalue weighted by atomic mass is 32.2. The van der Waals surface area contributed by atoms with Crippen LogP contribution in [0, 0.1) is 0 Å². The molecule has 2 atom stereocenters. The maximum atomic E-state index is 13.0. The summed E-state index contributed by atoms with van der Waals surface area (Å²) in [7, 11) is -3.85. The summed E-state index contributed by atoms with van der Waals surface area (Å²) in [6, 6.07) is 13.8. The maximum Gasteiger partial charge on any atom is 0.338 e. The Bertz CT molecular complexity index is 1130. The number of amides is 3. The number of urea groups is 1. The number of esters is 1. The van der Waals surface area contributed by atoms with Crippen LogP contribution in [0.1, 0.15) is 29.8 Å². The number of imide groups is 1. The molecule has 0 radical (unpaired) electrons. The number of sulfonamides is 1. The summed E-state index contributed by atoms with van der Waals surface area (Å²) in [4.78, 5) is 36.1. The average Bonchev–Trinajstić information content (AvgIpc) is 2.81. The molecule has 10 nitrogen and oxygen atoms in total. The van der Waals surface area contributed by atoms with Crippen molar-refractivity contribution in [1.82, 2.24) is 14.9 Å². The van der Waals surface area contributed by atoms with E-state index in [9.17, 15) is 22.8 Å². The van der Waals surface area contributed by atoms with Crippen LogP contribution in [-0.2, 0) is 30.8 Å². The molecule has 1 saturated heterocycles. The van der Waals surface area contributed by atoms with Gasteiger partial charge in [-0.2, -0.15) is 4.31 Å². The second-order valence-corrected chi connectivity index (χ2v) is 9.84. The summed E-state index contributed by atoms with van der Waals surface area (Å²) in [6.07, 6.45) is -0.509. The number of ether oxygens (including phenoxy) is 2. The zero-order valence-corrected chi connectivity index (χ0v) is 19.7. The number of hydrogen-bond acceptors (Lipinski definition) is 7. The van der Waals surface area contributed by atoms with E-state index in [0.29, 0.717) is 0 Å². The van der Waals surface area contributed by atoms with Crippen molar-refractivity contribution in [3.8, 4) is 0 Å². The predicted molar refractivity (Wildman–Crippen MR) is 122 cm³/mol. The Morgan fingerprint density at radius 2 is 1.71 bits per heavy atom. The highest BCUT2D eigenvalue weighted by Gasteiger charge is 2.32. The zero-order valence-electron chi connectivity index (χ0n) is 18.9. The minimum absolute atomic E-state index is 0.0308. The maximum absolute atomic E-state index is 13.0. The van der Waals surface area contributed by atoms with Crippen LogP contribution in [0.3, 0.4) is 0 Å². The van der Waals surface area contributed by atoms with Gasteiger partial charge in [0.25, 0.3) is 5.91 Å². The van der Waals surface area contributed by atoms with E-state index in [-0.39, 0.29) is 42.3 Å². The van der Waals surface area contributed by atoms with Gasteiger partial charge in [-0.1, -0.05) is 36.4 Å². The number of benzene rings is 2. The van der Waals surface area contributed by atoms with Gasteiger partial charge in [-0.25, -0.2) is 18.0 Å². The molecule has 0 saturated carbocycles. The molecule has 34 heavy (non-hydrogen) atoms. The molecule has 0 bridgehead atoms. The van der Waals surface area contributed by atoms with Crippen LogP contribution in [0.15, 0.2) is 59.5 Å². The second-order valence-electron chi connectivity index (χ2n) is 7.90. The lowest BCUT2D eigenvalue weighted by Gasteiger charge is -2.34. The summed E-state index contributed by atoms with van der Waals surface area (Å²) < 4.78 is 37.9. The Balaban J connectivity index is 1.53. The van der Waals surface area contributed by atoms with Gasteiger partial charge in [0.05, 0.1) is 22.7 Å². The SMILES string of the molecule is CC1CN(S(=O)(=O)c2cccc(C(=O)OCC(=O)NC(=O)NCc3ccccc3)c2)CC(C)O1. The first-order valence-corrected chi connectivity index (χ1v) is 12.1. The molecule has 2 aromatic rings. The monoisotopic (exact) mass is 489 g/mol. The van der Waals surface area contributed by atoms with Gasteiger partial charge in [-0.15, -0.1) is 0 Å². The number of nitrogens with zero attached hydrogens (tertiary/aromatic N) is 1. The summed E-state index contributed by atoms with van der Waals surface area (Å²) in [5.74, 6) is -1.71. The molecule has 1 aliphatic rings. The van der Waals surface area contributed by atoms with Gasteiger partial charge in [-0.3, -0.25) is 10.1 Å². The van der Waals surface area contributed by atoms with E-state index in [0.717, 1.165) is 5.56 Å². The van der Waals surface area contributed by atoms with Gasteiger partial charge < -0.3 is 14.8 Å². The molecular formula is C23H27N3O7S. The van der Waals surface area contributed by atoms with Gasteiger partial charge in [0.1, 0.15) is 0 Å². The summed E-state index contributed by atoms with van der Waals surface area (Å²) in [5, 5.41) is 4.58. The Kier molecular flexibility index (Phi) is 8.37. The minimum Gasteiger partial charge on any atom is -0.452 e. The smallest absolute Gasteiger partial charge is 0.338 e. The van der Waals surface area contributed by atoms with Crippen molar-refractivity contribution >= 4 is 27.9 Å². The van der Waals surface area contributed by atoms with Gasteiger partial charge in [0.15, 0.2) is 6.61 Å². The third kappa shape index (κ3) is 6.86. The molecule has 3 amide bonds. The Hall–Kier alpha value is -3.28. The number of hydrogen-bond donors (Lipinski definition) is 2. The van der Waals surface area contributed by atoms with Gasteiger partial charge in [0.2, 0.25) is 10.0 Å². The molecule has 0 aromatic heterocycles. The largest absolute Gasteiger partial charge is 0.452 e. The third-order valence-corrected chi connectivity index (χ3v) is 6.80. The Labute approximate surface area is 198 Å². The standard InChI is InChI=1S/C23H27N3O7S/c1-16-13-26(14-17(2)33-16)34(30,31)20-10-6-9-19(11-20)22(28)32-15-21(27)25-23(29)24-12-18-7-4-3-5-8-18/h3-11,16-17H,12-15H2,1-2H3,(H2,24,25,27,29). The van der Waals surface area contributed by atoms with Crippen molar-refractivity contribution in [2.75, 3.05) is 19.7 Å². The van der Waals surface area contributed by atoms with Crippen LogP contribution in [0.5, 0.6) is 0 Å². The number of morpholine rings is 1. The van der Waals surface area contributed by atoms with Crippen LogP contribution in [0.2, 0.25) is 0 Å². The average molecular weight is 490 g/mol. The molecule has 182 valence electrons. The van der Waals surface area contributed by atoms with Gasteiger partial charge >= 0.3 is 12.0 Å². The van der Waals surface area contributed by atoms with E-state index in [1.165, 1.54) is 28.6 Å². The number of nitrogens with one attached hydrogen (secondary N) is 2. The lowest BCUT2D eigenvalue weighted by Crippen LogP contribution is -2.48. The number of rotatable bonds is 7. The van der Waals surface area contributed by atoms with Crippen molar-refractivity contribution in [2.24, 2.45) is 0 Å². The molecule has 3 rings (SSSR count). The fourth-order valence-electron chi connectivity index (χ4n) is 3.46. The Morgan fingerprint density at radius 1 is 1.03 bits per heavy atom. The highest BCUT2D eigenvalue weighted by Crippen LogP contribution is 2.22. The molecule has 11 heteroatoms. The van der Waals surface area contributed by atoms with Crippen LogP contribution < -0.4 is 10.6 Å². The number of carbonyl (C=O) groups excluding carboxylic acids is 3. The molecule has 0 aliphatic carbocycles. The van der Waals surface area contributed by atoms with Gasteiger partial charge in [-0.05, 0) is 37.6 Å². The van der Waals surface area contributed by atoms with E-state index < -0.39 is 34.5 Å². The molecule has 2 aromatic carbocycles. The molecule has 2 unspecified atom stereocenters. The first-order chi connectivity index (χ1) is 16.1. The summed E-state index contributed by atoms with van der Waals surface area (Å²) >= 11 is 0. The van der Waals surface area contributed by atoms with Crippen LogP contribution in [0.25, 0.3) is 0 Å². The normalized spacial score (nSPS) is 18.6. The predicted octanol–water partition coefficient (Wildman–Crippen LogP) is 1.67. The van der Waals surface area contributed by atoms with Crippen LogP contribution in [-0.4, -0.2) is 62.5 Å². The summed E-state index contributed by atoms with van der Waals surface area (Å²) in [6.45, 7) is 3.51. The second kappa shape index (κ2) is 11.2. The lowest BCUT2D eigenvalue weighted by molar-refractivity contribution is -0.123. The van der Waals surface area contributed by atoms with Crippen molar-refractivity contribution < 1.29 is 32.3 Å². The molecular weight excluding hydrogens is 462 g/mol. The quantitative estimate of drug-likeness (QED) is 0.566. The van der Waals surface area contributed by atoms with Crippen molar-refractivity contribution in [2.45, 2.75) is 37.5 Å². The van der Waals surface area contributed by atoms with Crippen LogP contribution >= 0.6 is 0 Å². The molecule has 1 fully saturated rings. The van der Waals surface area contributed by atoms with Crippen molar-refractivity contribution in [3.05, 3.63) is 65.7 Å². The zero-order chi connectivity index (χ0) is 24.7. The lowest BCUT2D eigenvalue weighted by atomic mass is 10.2. The number of carbonyl (C=O) groups is 3. The fourth-order valence-corrected chi connectivity index (χ4v) is 5.10. The first kappa shape index (κ1) is 25.3. The van der Waals surface area contributed by atoms with Crippen molar-refractivity contribution in [1.29, 1.82) is 0 Å². The molecule has 2 N–H and O–H groups in total.